The number of hydrogen-bond donors (Lipinski definition) is 1. The van der Waals surface area contributed by atoms with Crippen LogP contribution in [0.1, 0.15) is 12.5 Å². The first-order valence-corrected chi connectivity index (χ1v) is 5.22. The molecule has 16 heavy (non-hydrogen) atoms. The summed E-state index contributed by atoms with van der Waals surface area (Å²) in [6.07, 6.45) is 9.44. The lowest BCUT2D eigenvalue weighted by molar-refractivity contribution is 1.32. The van der Waals surface area contributed by atoms with E-state index in [9.17, 15) is 0 Å². The van der Waals surface area contributed by atoms with Crippen LogP contribution in [-0.2, 0) is 0 Å². The molecule has 0 fully saturated rings. The topological polar surface area (TPSA) is 26.0 Å². The molecule has 0 saturated carbocycles. The van der Waals surface area contributed by atoms with E-state index in [1.807, 2.05) is 49.4 Å². The average molecular weight is 211 g/mol. The maximum absolute atomic E-state index is 5.86. The molecular formula is C15H17N. The molecule has 0 aliphatic carbocycles. The fourth-order valence-electron chi connectivity index (χ4n) is 1.18. The molecule has 1 aromatic carbocycles. The van der Waals surface area contributed by atoms with Crippen molar-refractivity contribution in [2.75, 3.05) is 0 Å². The number of nitrogens with two attached hydrogens (primary N) is 1. The quantitative estimate of drug-likeness (QED) is 0.755. The molecule has 0 aliphatic heterocycles. The standard InChI is InChI=1S/C15H17N/c1-3-4-10-15(16)13(2)11-12-14-8-6-5-7-9-14/h3-12H,1,16H2,2H3/b10-4-,12-11+,15-13-. The Kier molecular flexibility index (Phi) is 4.87. The van der Waals surface area contributed by atoms with Gasteiger partial charge in [-0.05, 0) is 24.1 Å². The van der Waals surface area contributed by atoms with Gasteiger partial charge in [-0.3, -0.25) is 0 Å². The second-order valence-electron chi connectivity index (χ2n) is 3.48. The van der Waals surface area contributed by atoms with Crippen LogP contribution in [0.5, 0.6) is 0 Å². The Balaban J connectivity index is 2.77. The number of allylic oxidation sites excluding steroid dienone is 5. The van der Waals surface area contributed by atoms with E-state index >= 15 is 0 Å². The molecule has 2 N–H and O–H groups in total. The van der Waals surface area contributed by atoms with Gasteiger partial charge in [-0.15, -0.1) is 0 Å². The van der Waals surface area contributed by atoms with Crippen molar-refractivity contribution in [2.45, 2.75) is 6.92 Å². The first kappa shape index (κ1) is 12.1. The minimum Gasteiger partial charge on any atom is -0.399 e. The zero-order valence-corrected chi connectivity index (χ0v) is 9.56. The van der Waals surface area contributed by atoms with E-state index in [-0.39, 0.29) is 0 Å². The molecule has 0 aliphatic rings. The van der Waals surface area contributed by atoms with Crippen molar-refractivity contribution >= 4 is 6.08 Å². The molecule has 1 heteroatoms. The molecule has 82 valence electrons. The molecule has 0 saturated heterocycles. The highest BCUT2D eigenvalue weighted by atomic mass is 14.6. The van der Waals surface area contributed by atoms with Gasteiger partial charge in [-0.25, -0.2) is 0 Å². The Morgan fingerprint density at radius 2 is 1.88 bits per heavy atom. The van der Waals surface area contributed by atoms with Crippen LogP contribution in [0.15, 0.2) is 72.5 Å². The molecule has 0 amide bonds. The molecule has 0 bridgehead atoms. The molecule has 0 spiro atoms. The van der Waals surface area contributed by atoms with Gasteiger partial charge in [0.1, 0.15) is 0 Å². The molecule has 0 aromatic heterocycles. The highest BCUT2D eigenvalue weighted by Crippen LogP contribution is 2.07. The van der Waals surface area contributed by atoms with E-state index in [0.717, 1.165) is 11.3 Å². The van der Waals surface area contributed by atoms with E-state index in [2.05, 4.69) is 18.7 Å². The van der Waals surface area contributed by atoms with Crippen molar-refractivity contribution in [3.05, 3.63) is 78.0 Å². The fraction of sp³-hybridized carbons (Fsp3) is 0.0667. The third-order valence-corrected chi connectivity index (χ3v) is 2.19. The van der Waals surface area contributed by atoms with Crippen molar-refractivity contribution in [2.24, 2.45) is 5.73 Å². The zero-order valence-electron chi connectivity index (χ0n) is 9.56. The van der Waals surface area contributed by atoms with Crippen LogP contribution in [0.3, 0.4) is 0 Å². The van der Waals surface area contributed by atoms with Crippen molar-refractivity contribution in [1.82, 2.24) is 0 Å². The van der Waals surface area contributed by atoms with Crippen LogP contribution in [0, 0.1) is 0 Å². The first-order chi connectivity index (χ1) is 7.74. The predicted octanol–water partition coefficient (Wildman–Crippen LogP) is 3.67. The second-order valence-corrected chi connectivity index (χ2v) is 3.48. The SMILES string of the molecule is C=C\C=C/C(N)=C(C)/C=C/c1ccccc1. The molecule has 0 atom stereocenters. The smallest absolute Gasteiger partial charge is 0.0343 e. The minimum atomic E-state index is 0.757. The Morgan fingerprint density at radius 3 is 2.50 bits per heavy atom. The van der Waals surface area contributed by atoms with Gasteiger partial charge < -0.3 is 5.73 Å². The van der Waals surface area contributed by atoms with Gasteiger partial charge in [0.15, 0.2) is 0 Å². The molecule has 1 rings (SSSR count). The normalized spacial score (nSPS) is 13.1. The van der Waals surface area contributed by atoms with Gasteiger partial charge in [0, 0.05) is 5.70 Å². The summed E-state index contributed by atoms with van der Waals surface area (Å²) in [4.78, 5) is 0. The summed E-state index contributed by atoms with van der Waals surface area (Å²) in [7, 11) is 0. The van der Waals surface area contributed by atoms with Crippen LogP contribution in [0.2, 0.25) is 0 Å². The van der Waals surface area contributed by atoms with Crippen molar-refractivity contribution in [3.63, 3.8) is 0 Å². The van der Waals surface area contributed by atoms with Crippen molar-refractivity contribution < 1.29 is 0 Å². The monoisotopic (exact) mass is 211 g/mol. The van der Waals surface area contributed by atoms with Crippen LogP contribution < -0.4 is 5.73 Å². The number of hydrogen-bond acceptors (Lipinski definition) is 1. The Bertz CT molecular complexity index is 422. The average Bonchev–Trinajstić information content (AvgIpc) is 2.34. The van der Waals surface area contributed by atoms with E-state index in [1.165, 1.54) is 5.56 Å². The van der Waals surface area contributed by atoms with E-state index in [4.69, 9.17) is 5.73 Å². The fourth-order valence-corrected chi connectivity index (χ4v) is 1.18. The summed E-state index contributed by atoms with van der Waals surface area (Å²) in [6.45, 7) is 5.59. The van der Waals surface area contributed by atoms with Crippen LogP contribution in [-0.4, -0.2) is 0 Å². The summed E-state index contributed by atoms with van der Waals surface area (Å²) < 4.78 is 0. The lowest BCUT2D eigenvalue weighted by Crippen LogP contribution is -1.95. The van der Waals surface area contributed by atoms with Crippen LogP contribution in [0.25, 0.3) is 6.08 Å². The summed E-state index contributed by atoms with van der Waals surface area (Å²) in [5, 5.41) is 0. The largest absolute Gasteiger partial charge is 0.399 e. The maximum Gasteiger partial charge on any atom is 0.0343 e. The Morgan fingerprint density at radius 1 is 1.19 bits per heavy atom. The third kappa shape index (κ3) is 4.01. The van der Waals surface area contributed by atoms with Gasteiger partial charge in [-0.2, -0.15) is 0 Å². The highest BCUT2D eigenvalue weighted by molar-refractivity contribution is 5.53. The maximum atomic E-state index is 5.86. The summed E-state index contributed by atoms with van der Waals surface area (Å²) in [5.74, 6) is 0. The van der Waals surface area contributed by atoms with Crippen LogP contribution >= 0.6 is 0 Å². The zero-order chi connectivity index (χ0) is 11.8. The van der Waals surface area contributed by atoms with Crippen molar-refractivity contribution in [3.8, 4) is 0 Å². The van der Waals surface area contributed by atoms with Gasteiger partial charge in [0.05, 0.1) is 0 Å². The van der Waals surface area contributed by atoms with E-state index in [0.29, 0.717) is 0 Å². The van der Waals surface area contributed by atoms with Crippen molar-refractivity contribution in [1.29, 1.82) is 0 Å². The summed E-state index contributed by atoms with van der Waals surface area (Å²) in [6, 6.07) is 10.1. The summed E-state index contributed by atoms with van der Waals surface area (Å²) >= 11 is 0. The third-order valence-electron chi connectivity index (χ3n) is 2.19. The van der Waals surface area contributed by atoms with E-state index in [1.54, 1.807) is 6.08 Å². The molecule has 1 aromatic rings. The Labute approximate surface area is 97.3 Å². The van der Waals surface area contributed by atoms with Gasteiger partial charge in [0.2, 0.25) is 0 Å². The summed E-state index contributed by atoms with van der Waals surface area (Å²) in [5.41, 5.74) is 8.83. The second kappa shape index (κ2) is 6.46. The van der Waals surface area contributed by atoms with E-state index < -0.39 is 0 Å². The minimum absolute atomic E-state index is 0.757. The number of rotatable bonds is 4. The molecular weight excluding hydrogens is 194 g/mol. The molecule has 0 unspecified atom stereocenters. The van der Waals surface area contributed by atoms with Gasteiger partial charge in [0.25, 0.3) is 0 Å². The lowest BCUT2D eigenvalue weighted by atomic mass is 10.1. The van der Waals surface area contributed by atoms with Gasteiger partial charge >= 0.3 is 0 Å². The predicted molar refractivity (Wildman–Crippen MR) is 71.7 cm³/mol. The van der Waals surface area contributed by atoms with Gasteiger partial charge in [-0.1, -0.05) is 61.2 Å². The number of benzene rings is 1. The van der Waals surface area contributed by atoms with Crippen LogP contribution in [0.4, 0.5) is 0 Å². The molecule has 1 nitrogen and oxygen atoms in total. The Hall–Kier alpha value is -2.02. The highest BCUT2D eigenvalue weighted by Gasteiger charge is 1.89. The molecule has 0 radical (unpaired) electrons. The first-order valence-electron chi connectivity index (χ1n) is 5.22. The lowest BCUT2D eigenvalue weighted by Gasteiger charge is -1.97. The molecule has 0 heterocycles.